The number of benzene rings is 1. The summed E-state index contributed by atoms with van der Waals surface area (Å²) >= 11 is 0. The van der Waals surface area contributed by atoms with Crippen LogP contribution < -0.4 is 15.0 Å². The van der Waals surface area contributed by atoms with E-state index in [0.29, 0.717) is 0 Å². The predicted molar refractivity (Wildman–Crippen MR) is 121 cm³/mol. The van der Waals surface area contributed by atoms with Crippen LogP contribution in [0.2, 0.25) is 0 Å². The molecule has 0 amide bonds. The number of aliphatic imine (C=N–C) groups is 1. The summed E-state index contributed by atoms with van der Waals surface area (Å²) in [6.45, 7) is 12.1. The van der Waals surface area contributed by atoms with Gasteiger partial charge in [0.05, 0.1) is 13.7 Å². The van der Waals surface area contributed by atoms with Gasteiger partial charge >= 0.3 is 0 Å². The highest BCUT2D eigenvalue weighted by molar-refractivity contribution is 14.0. The normalized spacial score (nSPS) is 15.0. The van der Waals surface area contributed by atoms with Crippen molar-refractivity contribution in [3.05, 3.63) is 24.3 Å². The second-order valence-corrected chi connectivity index (χ2v) is 6.30. The molecular weight excluding hydrogens is 441 g/mol. The second kappa shape index (κ2) is 12.2. The van der Waals surface area contributed by atoms with Crippen molar-refractivity contribution in [1.82, 2.24) is 15.1 Å². The van der Waals surface area contributed by atoms with E-state index in [4.69, 9.17) is 9.73 Å². The topological polar surface area (TPSA) is 43.3 Å². The van der Waals surface area contributed by atoms with Crippen LogP contribution in [-0.4, -0.2) is 82.3 Å². The van der Waals surface area contributed by atoms with Gasteiger partial charge < -0.3 is 24.8 Å². The zero-order chi connectivity index (χ0) is 18.1. The van der Waals surface area contributed by atoms with Crippen LogP contribution in [0.25, 0.3) is 0 Å². The molecule has 26 heavy (non-hydrogen) atoms. The number of nitrogens with zero attached hydrogens (tertiary/aromatic N) is 4. The molecule has 1 aliphatic rings. The largest absolute Gasteiger partial charge is 0.497 e. The van der Waals surface area contributed by atoms with E-state index in [1.54, 1.807) is 7.11 Å². The van der Waals surface area contributed by atoms with Crippen molar-refractivity contribution in [2.75, 3.05) is 71.4 Å². The van der Waals surface area contributed by atoms with Gasteiger partial charge in [-0.1, -0.05) is 6.92 Å². The lowest BCUT2D eigenvalue weighted by molar-refractivity contribution is 0.355. The minimum Gasteiger partial charge on any atom is -0.497 e. The summed E-state index contributed by atoms with van der Waals surface area (Å²) in [5.41, 5.74) is 1.26. The first-order valence-electron chi connectivity index (χ1n) is 9.28. The van der Waals surface area contributed by atoms with E-state index in [0.717, 1.165) is 64.1 Å². The van der Waals surface area contributed by atoms with Gasteiger partial charge in [-0.05, 0) is 44.8 Å². The maximum Gasteiger partial charge on any atom is 0.194 e. The average molecular weight is 475 g/mol. The van der Waals surface area contributed by atoms with Crippen LogP contribution >= 0.6 is 24.0 Å². The summed E-state index contributed by atoms with van der Waals surface area (Å²) in [4.78, 5) is 11.9. The van der Waals surface area contributed by atoms with Crippen LogP contribution in [0.1, 0.15) is 13.8 Å². The third-order valence-corrected chi connectivity index (χ3v) is 4.63. The predicted octanol–water partition coefficient (Wildman–Crippen LogP) is 2.35. The molecule has 0 radical (unpaired) electrons. The van der Waals surface area contributed by atoms with Gasteiger partial charge in [-0.3, -0.25) is 4.99 Å². The van der Waals surface area contributed by atoms with Gasteiger partial charge in [-0.15, -0.1) is 24.0 Å². The first-order chi connectivity index (χ1) is 12.2. The Bertz CT molecular complexity index is 529. The standard InChI is InChI=1S/C19H33N5O.HI/c1-5-20-19(21-11-12-22(3)6-2)24-15-13-23(14-16-24)17-7-9-18(25-4)10-8-17;/h7-10H,5-6,11-16H2,1-4H3,(H,20,21);1H. The van der Waals surface area contributed by atoms with Crippen molar-refractivity contribution < 1.29 is 4.74 Å². The van der Waals surface area contributed by atoms with E-state index in [1.165, 1.54) is 5.69 Å². The number of nitrogens with one attached hydrogen (secondary N) is 1. The Kier molecular flexibility index (Phi) is 10.7. The number of methoxy groups -OCH3 is 1. The minimum absolute atomic E-state index is 0. The number of hydrogen-bond acceptors (Lipinski definition) is 4. The summed E-state index contributed by atoms with van der Waals surface area (Å²) in [6.07, 6.45) is 0. The van der Waals surface area contributed by atoms with E-state index in [2.05, 4.69) is 53.0 Å². The molecule has 2 rings (SSSR count). The number of halogens is 1. The van der Waals surface area contributed by atoms with Gasteiger partial charge in [0, 0.05) is 45.0 Å². The van der Waals surface area contributed by atoms with E-state index in [1.807, 2.05) is 12.1 Å². The average Bonchev–Trinajstić information content (AvgIpc) is 2.67. The molecule has 0 unspecified atom stereocenters. The number of likely N-dealkylation sites (N-methyl/N-ethyl adjacent to an activating group) is 1. The molecule has 0 saturated carbocycles. The van der Waals surface area contributed by atoms with Crippen molar-refractivity contribution in [1.29, 1.82) is 0 Å². The zero-order valence-corrected chi connectivity index (χ0v) is 18.9. The summed E-state index contributed by atoms with van der Waals surface area (Å²) in [7, 11) is 3.84. The van der Waals surface area contributed by atoms with Crippen LogP contribution in [0.3, 0.4) is 0 Å². The summed E-state index contributed by atoms with van der Waals surface area (Å²) < 4.78 is 5.24. The molecule has 1 aliphatic heterocycles. The molecule has 6 nitrogen and oxygen atoms in total. The molecule has 0 aliphatic carbocycles. The lowest BCUT2D eigenvalue weighted by Gasteiger charge is -2.37. The maximum atomic E-state index is 5.24. The number of ether oxygens (including phenoxy) is 1. The zero-order valence-electron chi connectivity index (χ0n) is 16.6. The van der Waals surface area contributed by atoms with Crippen molar-refractivity contribution in [3.8, 4) is 5.75 Å². The molecule has 1 aromatic rings. The minimum atomic E-state index is 0. The Labute approximate surface area is 175 Å². The molecule has 1 heterocycles. The first kappa shape index (κ1) is 22.8. The Morgan fingerprint density at radius 2 is 1.81 bits per heavy atom. The summed E-state index contributed by atoms with van der Waals surface area (Å²) in [6, 6.07) is 8.32. The lowest BCUT2D eigenvalue weighted by atomic mass is 10.2. The van der Waals surface area contributed by atoms with Crippen LogP contribution in [0.15, 0.2) is 29.3 Å². The number of piperazine rings is 1. The number of rotatable bonds is 7. The molecule has 0 bridgehead atoms. The van der Waals surface area contributed by atoms with Crippen molar-refractivity contribution >= 4 is 35.6 Å². The first-order valence-corrected chi connectivity index (χ1v) is 9.28. The molecule has 1 N–H and O–H groups in total. The van der Waals surface area contributed by atoms with Crippen molar-refractivity contribution in [2.45, 2.75) is 13.8 Å². The van der Waals surface area contributed by atoms with Crippen LogP contribution in [0, 0.1) is 0 Å². The van der Waals surface area contributed by atoms with Gasteiger partial charge in [0.2, 0.25) is 0 Å². The second-order valence-electron chi connectivity index (χ2n) is 6.30. The fourth-order valence-corrected chi connectivity index (χ4v) is 2.88. The van der Waals surface area contributed by atoms with Crippen LogP contribution in [0.4, 0.5) is 5.69 Å². The molecular formula is C19H34IN5O. The molecule has 1 saturated heterocycles. The highest BCUT2D eigenvalue weighted by Gasteiger charge is 2.19. The molecule has 0 aromatic heterocycles. The van der Waals surface area contributed by atoms with Gasteiger partial charge in [-0.25, -0.2) is 0 Å². The fraction of sp³-hybridized carbons (Fsp3) is 0.632. The monoisotopic (exact) mass is 475 g/mol. The summed E-state index contributed by atoms with van der Waals surface area (Å²) in [5, 5.41) is 3.44. The third-order valence-electron chi connectivity index (χ3n) is 4.63. The number of hydrogen-bond donors (Lipinski definition) is 1. The number of anilines is 1. The van der Waals surface area contributed by atoms with Crippen LogP contribution in [0.5, 0.6) is 5.75 Å². The van der Waals surface area contributed by atoms with E-state index in [9.17, 15) is 0 Å². The maximum absolute atomic E-state index is 5.24. The molecule has 7 heteroatoms. The Morgan fingerprint density at radius 1 is 1.15 bits per heavy atom. The fourth-order valence-electron chi connectivity index (χ4n) is 2.88. The van der Waals surface area contributed by atoms with Gasteiger partial charge in [0.25, 0.3) is 0 Å². The van der Waals surface area contributed by atoms with Crippen LogP contribution in [-0.2, 0) is 0 Å². The number of guanidine groups is 1. The SMILES string of the molecule is CCNC(=NCCN(C)CC)N1CCN(c2ccc(OC)cc2)CC1.I. The van der Waals surface area contributed by atoms with E-state index < -0.39 is 0 Å². The smallest absolute Gasteiger partial charge is 0.194 e. The Morgan fingerprint density at radius 3 is 2.35 bits per heavy atom. The molecule has 0 atom stereocenters. The summed E-state index contributed by atoms with van der Waals surface area (Å²) in [5.74, 6) is 1.95. The third kappa shape index (κ3) is 6.83. The van der Waals surface area contributed by atoms with Gasteiger partial charge in [-0.2, -0.15) is 0 Å². The van der Waals surface area contributed by atoms with Crippen molar-refractivity contribution in [3.63, 3.8) is 0 Å². The van der Waals surface area contributed by atoms with E-state index in [-0.39, 0.29) is 24.0 Å². The highest BCUT2D eigenvalue weighted by atomic mass is 127. The van der Waals surface area contributed by atoms with E-state index >= 15 is 0 Å². The van der Waals surface area contributed by atoms with Gasteiger partial charge in [0.15, 0.2) is 5.96 Å². The Hall–Kier alpha value is -1.22. The molecule has 1 fully saturated rings. The molecule has 0 spiro atoms. The lowest BCUT2D eigenvalue weighted by Crippen LogP contribution is -2.52. The molecule has 1 aromatic carbocycles. The molecule has 148 valence electrons. The van der Waals surface area contributed by atoms with Crippen molar-refractivity contribution in [2.24, 2.45) is 4.99 Å². The van der Waals surface area contributed by atoms with Gasteiger partial charge in [0.1, 0.15) is 5.75 Å². The quantitative estimate of drug-likeness (QED) is 0.373. The highest BCUT2D eigenvalue weighted by Crippen LogP contribution is 2.20. The Balaban J connectivity index is 0.00000338.